The first-order valence-electron chi connectivity index (χ1n) is 8.60. The van der Waals surface area contributed by atoms with Gasteiger partial charge in [0.1, 0.15) is 0 Å². The third-order valence-electron chi connectivity index (χ3n) is 4.65. The summed E-state index contributed by atoms with van der Waals surface area (Å²) >= 11 is 0. The molecule has 3 aromatic carbocycles. The number of aromatic nitrogens is 1. The molecule has 25 heavy (non-hydrogen) atoms. The molecule has 4 aromatic rings. The normalized spacial score (nSPS) is 12.0. The first-order valence-corrected chi connectivity index (χ1v) is 8.60. The zero-order chi connectivity index (χ0) is 17.6. The Kier molecular flexibility index (Phi) is 3.50. The van der Waals surface area contributed by atoms with Crippen LogP contribution in [0.2, 0.25) is 0 Å². The van der Waals surface area contributed by atoms with E-state index < -0.39 is 0 Å². The van der Waals surface area contributed by atoms with E-state index in [0.29, 0.717) is 0 Å². The predicted molar refractivity (Wildman–Crippen MR) is 105 cm³/mol. The largest absolute Gasteiger partial charge is 0.309 e. The van der Waals surface area contributed by atoms with Crippen LogP contribution >= 0.6 is 0 Å². The van der Waals surface area contributed by atoms with Crippen LogP contribution in [-0.4, -0.2) is 10.4 Å². The highest BCUT2D eigenvalue weighted by molar-refractivity contribution is 6.09. The van der Waals surface area contributed by atoms with Gasteiger partial charge < -0.3 is 4.57 Å². The summed E-state index contributed by atoms with van der Waals surface area (Å²) in [6, 6.07) is 24.8. The monoisotopic (exact) mass is 327 g/mol. The summed E-state index contributed by atoms with van der Waals surface area (Å²) in [7, 11) is 0. The molecule has 0 bridgehead atoms. The fraction of sp³-hybridized carbons (Fsp3) is 0.174. The van der Waals surface area contributed by atoms with Crippen LogP contribution < -0.4 is 0 Å². The summed E-state index contributed by atoms with van der Waals surface area (Å²) in [5, 5.41) is 2.49. The number of carbonyl (C=O) groups is 1. The van der Waals surface area contributed by atoms with Gasteiger partial charge in [-0.1, -0.05) is 57.2 Å². The molecule has 0 aliphatic rings. The lowest BCUT2D eigenvalue weighted by Gasteiger charge is -2.17. The lowest BCUT2D eigenvalue weighted by Crippen LogP contribution is -2.20. The van der Waals surface area contributed by atoms with Crippen molar-refractivity contribution in [3.63, 3.8) is 0 Å². The van der Waals surface area contributed by atoms with Crippen molar-refractivity contribution in [1.82, 2.24) is 4.57 Å². The second kappa shape index (κ2) is 5.59. The van der Waals surface area contributed by atoms with Gasteiger partial charge in [-0.05, 0) is 36.4 Å². The quantitative estimate of drug-likeness (QED) is 0.413. The van der Waals surface area contributed by atoms with Gasteiger partial charge in [0.25, 0.3) is 0 Å². The van der Waals surface area contributed by atoms with Crippen LogP contribution in [0.4, 0.5) is 0 Å². The van der Waals surface area contributed by atoms with Gasteiger partial charge in [0.15, 0.2) is 5.78 Å². The summed E-state index contributed by atoms with van der Waals surface area (Å²) in [6.07, 6.45) is 0. The van der Waals surface area contributed by atoms with Crippen molar-refractivity contribution >= 4 is 27.6 Å². The number of para-hydroxylation sites is 2. The third-order valence-corrected chi connectivity index (χ3v) is 4.65. The molecule has 124 valence electrons. The van der Waals surface area contributed by atoms with Crippen LogP contribution in [0.3, 0.4) is 0 Å². The second-order valence-electron chi connectivity index (χ2n) is 7.50. The van der Waals surface area contributed by atoms with E-state index >= 15 is 0 Å². The van der Waals surface area contributed by atoms with Gasteiger partial charge in [0.2, 0.25) is 0 Å². The maximum absolute atomic E-state index is 12.5. The molecule has 0 saturated heterocycles. The highest BCUT2D eigenvalue weighted by atomic mass is 16.1. The highest BCUT2D eigenvalue weighted by Gasteiger charge is 2.22. The van der Waals surface area contributed by atoms with Crippen LogP contribution in [0.15, 0.2) is 72.8 Å². The summed E-state index contributed by atoms with van der Waals surface area (Å²) in [5.41, 5.74) is 3.83. The Hall–Kier alpha value is -2.87. The number of hydrogen-bond acceptors (Lipinski definition) is 1. The molecule has 0 atom stereocenters. The molecule has 0 spiro atoms. The fourth-order valence-corrected chi connectivity index (χ4v) is 3.40. The molecular formula is C23H21NO. The Morgan fingerprint density at radius 3 is 1.68 bits per heavy atom. The van der Waals surface area contributed by atoms with Crippen molar-refractivity contribution in [3.8, 4) is 5.69 Å². The molecule has 1 heterocycles. The van der Waals surface area contributed by atoms with Crippen molar-refractivity contribution in [2.75, 3.05) is 0 Å². The van der Waals surface area contributed by atoms with Crippen LogP contribution in [0.1, 0.15) is 31.1 Å². The molecule has 0 radical (unpaired) electrons. The Balaban J connectivity index is 1.91. The SMILES string of the molecule is CC(C)(C)C(=O)c1ccc(-n2c3ccccc3c3ccccc32)cc1. The molecule has 0 unspecified atom stereocenters. The fourth-order valence-electron chi connectivity index (χ4n) is 3.40. The lowest BCUT2D eigenvalue weighted by molar-refractivity contribution is 0.0858. The summed E-state index contributed by atoms with van der Waals surface area (Å²) < 4.78 is 2.26. The Labute approximate surface area is 147 Å². The average Bonchev–Trinajstić information content (AvgIpc) is 2.95. The van der Waals surface area contributed by atoms with Crippen LogP contribution in [0, 0.1) is 5.41 Å². The molecular weight excluding hydrogens is 306 g/mol. The van der Waals surface area contributed by atoms with Crippen molar-refractivity contribution in [1.29, 1.82) is 0 Å². The number of hydrogen-bond donors (Lipinski definition) is 0. The molecule has 0 fully saturated rings. The van der Waals surface area contributed by atoms with E-state index in [1.54, 1.807) is 0 Å². The molecule has 0 aliphatic heterocycles. The summed E-state index contributed by atoms with van der Waals surface area (Å²) in [5.74, 6) is 0.168. The third kappa shape index (κ3) is 2.54. The maximum Gasteiger partial charge on any atom is 0.168 e. The van der Waals surface area contributed by atoms with Crippen molar-refractivity contribution in [3.05, 3.63) is 78.4 Å². The Morgan fingerprint density at radius 2 is 1.20 bits per heavy atom. The van der Waals surface area contributed by atoms with E-state index in [-0.39, 0.29) is 11.2 Å². The standard InChI is InChI=1S/C23H21NO/c1-23(2,3)22(25)16-12-14-17(15-13-16)24-20-10-6-4-8-18(20)19-9-5-7-11-21(19)24/h4-15H,1-3H3. The molecule has 0 saturated carbocycles. The minimum Gasteiger partial charge on any atom is -0.309 e. The zero-order valence-corrected chi connectivity index (χ0v) is 14.8. The highest BCUT2D eigenvalue weighted by Crippen LogP contribution is 2.32. The van der Waals surface area contributed by atoms with Gasteiger partial charge in [0, 0.05) is 27.4 Å². The Morgan fingerprint density at radius 1 is 0.720 bits per heavy atom. The van der Waals surface area contributed by atoms with E-state index in [1.165, 1.54) is 21.8 Å². The van der Waals surface area contributed by atoms with Gasteiger partial charge in [-0.25, -0.2) is 0 Å². The molecule has 0 amide bonds. The lowest BCUT2D eigenvalue weighted by atomic mass is 9.86. The molecule has 2 heteroatoms. The molecule has 4 rings (SSSR count). The number of rotatable bonds is 2. The average molecular weight is 327 g/mol. The first kappa shape index (κ1) is 15.6. The number of ketones is 1. The molecule has 1 aromatic heterocycles. The zero-order valence-electron chi connectivity index (χ0n) is 14.8. The molecule has 2 nitrogen and oxygen atoms in total. The first-order chi connectivity index (χ1) is 12.0. The van der Waals surface area contributed by atoms with Crippen LogP contribution in [0.25, 0.3) is 27.5 Å². The maximum atomic E-state index is 12.5. The summed E-state index contributed by atoms with van der Waals surface area (Å²) in [6.45, 7) is 5.86. The Bertz CT molecular complexity index is 1030. The minimum atomic E-state index is -0.367. The van der Waals surface area contributed by atoms with Crippen molar-refractivity contribution < 1.29 is 4.79 Å². The smallest absolute Gasteiger partial charge is 0.168 e. The van der Waals surface area contributed by atoms with Gasteiger partial charge >= 0.3 is 0 Å². The minimum absolute atomic E-state index is 0.168. The van der Waals surface area contributed by atoms with E-state index in [2.05, 4.69) is 53.1 Å². The topological polar surface area (TPSA) is 22.0 Å². The number of nitrogens with zero attached hydrogens (tertiary/aromatic N) is 1. The molecule has 0 N–H and O–H groups in total. The van der Waals surface area contributed by atoms with Gasteiger partial charge in [-0.15, -0.1) is 0 Å². The van der Waals surface area contributed by atoms with E-state index in [0.717, 1.165) is 11.3 Å². The van der Waals surface area contributed by atoms with Crippen LogP contribution in [0.5, 0.6) is 0 Å². The van der Waals surface area contributed by atoms with Gasteiger partial charge in [-0.3, -0.25) is 4.79 Å². The summed E-state index contributed by atoms with van der Waals surface area (Å²) in [4.78, 5) is 12.5. The van der Waals surface area contributed by atoms with E-state index in [1.807, 2.05) is 45.0 Å². The van der Waals surface area contributed by atoms with E-state index in [9.17, 15) is 4.79 Å². The molecule has 0 aliphatic carbocycles. The van der Waals surface area contributed by atoms with Gasteiger partial charge in [-0.2, -0.15) is 0 Å². The van der Waals surface area contributed by atoms with Gasteiger partial charge in [0.05, 0.1) is 11.0 Å². The predicted octanol–water partition coefficient (Wildman–Crippen LogP) is 6.01. The van der Waals surface area contributed by atoms with Crippen molar-refractivity contribution in [2.24, 2.45) is 5.41 Å². The van der Waals surface area contributed by atoms with Crippen LogP contribution in [-0.2, 0) is 0 Å². The van der Waals surface area contributed by atoms with E-state index in [4.69, 9.17) is 0 Å². The number of fused-ring (bicyclic) bond motifs is 3. The number of benzene rings is 3. The number of Topliss-reactive ketones (excluding diaryl/α,β-unsaturated/α-hetero) is 1. The van der Waals surface area contributed by atoms with Crippen molar-refractivity contribution in [2.45, 2.75) is 20.8 Å². The second-order valence-corrected chi connectivity index (χ2v) is 7.50. The number of carbonyl (C=O) groups excluding carboxylic acids is 1.